The summed E-state index contributed by atoms with van der Waals surface area (Å²) in [7, 11) is 2.18. The number of piperidine rings is 1. The number of carboxylic acids is 1. The summed E-state index contributed by atoms with van der Waals surface area (Å²) < 4.78 is 0. The standard InChI is InChI=1S/C12H22N2O2/c1-14-9-3-4-11(10-14)6-8-13-7-2-5-12(15)16/h2,5,11,13H,3-4,6-10H2,1H3,(H,15,16)/b5-2+. The largest absolute Gasteiger partial charge is 0.478 e. The molecule has 4 heteroatoms. The van der Waals surface area contributed by atoms with Gasteiger partial charge in [0.25, 0.3) is 0 Å². The molecule has 4 nitrogen and oxygen atoms in total. The van der Waals surface area contributed by atoms with Gasteiger partial charge >= 0.3 is 5.97 Å². The van der Waals surface area contributed by atoms with Gasteiger partial charge in [0.2, 0.25) is 0 Å². The van der Waals surface area contributed by atoms with Crippen molar-refractivity contribution in [1.29, 1.82) is 0 Å². The molecule has 1 fully saturated rings. The summed E-state index contributed by atoms with van der Waals surface area (Å²) in [5.74, 6) is -0.0783. The summed E-state index contributed by atoms with van der Waals surface area (Å²) in [5.41, 5.74) is 0. The van der Waals surface area contributed by atoms with E-state index < -0.39 is 5.97 Å². The molecule has 1 aliphatic rings. The summed E-state index contributed by atoms with van der Waals surface area (Å²) in [5, 5.41) is 11.6. The average Bonchev–Trinajstić information content (AvgIpc) is 2.23. The second kappa shape index (κ2) is 7.41. The first kappa shape index (κ1) is 13.2. The molecule has 0 radical (unpaired) electrons. The van der Waals surface area contributed by atoms with Crippen LogP contribution in [0.2, 0.25) is 0 Å². The van der Waals surface area contributed by atoms with Gasteiger partial charge < -0.3 is 15.3 Å². The molecule has 0 aromatic heterocycles. The van der Waals surface area contributed by atoms with Crippen LogP contribution in [0.3, 0.4) is 0 Å². The summed E-state index contributed by atoms with van der Waals surface area (Å²) in [4.78, 5) is 12.6. The third kappa shape index (κ3) is 5.88. The van der Waals surface area contributed by atoms with Gasteiger partial charge in [0.05, 0.1) is 0 Å². The third-order valence-electron chi connectivity index (χ3n) is 2.97. The fraction of sp³-hybridized carbons (Fsp3) is 0.750. The fourth-order valence-corrected chi connectivity index (χ4v) is 2.16. The van der Waals surface area contributed by atoms with Crippen molar-refractivity contribution in [3.8, 4) is 0 Å². The van der Waals surface area contributed by atoms with Crippen molar-refractivity contribution in [2.24, 2.45) is 5.92 Å². The number of nitrogens with zero attached hydrogens (tertiary/aromatic N) is 1. The Bertz CT molecular complexity index is 241. The van der Waals surface area contributed by atoms with E-state index in [2.05, 4.69) is 17.3 Å². The maximum absolute atomic E-state index is 10.2. The maximum Gasteiger partial charge on any atom is 0.328 e. The summed E-state index contributed by atoms with van der Waals surface area (Å²) in [6, 6.07) is 0. The van der Waals surface area contributed by atoms with Crippen molar-refractivity contribution in [3.05, 3.63) is 12.2 Å². The quantitative estimate of drug-likeness (QED) is 0.523. The van der Waals surface area contributed by atoms with E-state index in [9.17, 15) is 4.79 Å². The lowest BCUT2D eigenvalue weighted by molar-refractivity contribution is -0.131. The summed E-state index contributed by atoms with van der Waals surface area (Å²) >= 11 is 0. The van der Waals surface area contributed by atoms with Gasteiger partial charge in [0, 0.05) is 19.2 Å². The van der Waals surface area contributed by atoms with Crippen molar-refractivity contribution < 1.29 is 9.90 Å². The molecule has 0 amide bonds. The van der Waals surface area contributed by atoms with E-state index in [1.807, 2.05) is 0 Å². The SMILES string of the molecule is CN1CCCC(CCNC/C=C/C(=O)O)C1. The molecule has 1 saturated heterocycles. The Hall–Kier alpha value is -0.870. The number of hydrogen-bond acceptors (Lipinski definition) is 3. The summed E-state index contributed by atoms with van der Waals surface area (Å²) in [6.45, 7) is 4.05. The van der Waals surface area contributed by atoms with E-state index in [0.29, 0.717) is 6.54 Å². The fourth-order valence-electron chi connectivity index (χ4n) is 2.16. The van der Waals surface area contributed by atoms with Crippen LogP contribution in [0.1, 0.15) is 19.3 Å². The lowest BCUT2D eigenvalue weighted by atomic mass is 9.95. The highest BCUT2D eigenvalue weighted by atomic mass is 16.4. The molecule has 0 spiro atoms. The minimum absolute atomic E-state index is 0.648. The zero-order chi connectivity index (χ0) is 11.8. The van der Waals surface area contributed by atoms with E-state index in [1.54, 1.807) is 6.08 Å². The molecule has 0 aromatic rings. The van der Waals surface area contributed by atoms with Crippen molar-refractivity contribution in [2.45, 2.75) is 19.3 Å². The molecular formula is C12H22N2O2. The Balaban J connectivity index is 2.00. The molecule has 0 aliphatic carbocycles. The normalized spacial score (nSPS) is 22.7. The van der Waals surface area contributed by atoms with E-state index in [0.717, 1.165) is 12.5 Å². The van der Waals surface area contributed by atoms with E-state index in [-0.39, 0.29) is 0 Å². The molecule has 0 aromatic carbocycles. The third-order valence-corrected chi connectivity index (χ3v) is 2.97. The Morgan fingerprint density at radius 3 is 3.12 bits per heavy atom. The Morgan fingerprint density at radius 2 is 2.44 bits per heavy atom. The number of hydrogen-bond donors (Lipinski definition) is 2. The second-order valence-corrected chi connectivity index (χ2v) is 4.50. The van der Waals surface area contributed by atoms with Crippen LogP contribution in [0.25, 0.3) is 0 Å². The summed E-state index contributed by atoms with van der Waals surface area (Å²) in [6.07, 6.45) is 6.65. The van der Waals surface area contributed by atoms with Gasteiger partial charge in [0.1, 0.15) is 0 Å². The zero-order valence-corrected chi connectivity index (χ0v) is 9.98. The number of nitrogens with one attached hydrogen (secondary N) is 1. The Kier molecular flexibility index (Phi) is 6.11. The smallest absolute Gasteiger partial charge is 0.328 e. The van der Waals surface area contributed by atoms with Gasteiger partial charge in [-0.1, -0.05) is 6.08 Å². The molecule has 2 N–H and O–H groups in total. The first-order valence-corrected chi connectivity index (χ1v) is 5.97. The highest BCUT2D eigenvalue weighted by molar-refractivity contribution is 5.79. The van der Waals surface area contributed by atoms with Crippen LogP contribution in [0.15, 0.2) is 12.2 Å². The van der Waals surface area contributed by atoms with Crippen molar-refractivity contribution in [2.75, 3.05) is 33.2 Å². The molecule has 1 heterocycles. The molecular weight excluding hydrogens is 204 g/mol. The van der Waals surface area contributed by atoms with E-state index >= 15 is 0 Å². The van der Waals surface area contributed by atoms with Crippen LogP contribution in [-0.2, 0) is 4.79 Å². The first-order chi connectivity index (χ1) is 7.68. The highest BCUT2D eigenvalue weighted by Crippen LogP contribution is 2.17. The van der Waals surface area contributed by atoms with Gasteiger partial charge in [-0.05, 0) is 45.3 Å². The second-order valence-electron chi connectivity index (χ2n) is 4.50. The van der Waals surface area contributed by atoms with Crippen LogP contribution < -0.4 is 5.32 Å². The number of likely N-dealkylation sites (tertiary alicyclic amines) is 1. The van der Waals surface area contributed by atoms with Crippen LogP contribution in [0, 0.1) is 5.92 Å². The van der Waals surface area contributed by atoms with Crippen LogP contribution in [0.4, 0.5) is 0 Å². The predicted octanol–water partition coefficient (Wildman–Crippen LogP) is 0.949. The average molecular weight is 226 g/mol. The molecule has 1 unspecified atom stereocenters. The van der Waals surface area contributed by atoms with Gasteiger partial charge in [-0.25, -0.2) is 4.79 Å². The van der Waals surface area contributed by atoms with Gasteiger partial charge in [0.15, 0.2) is 0 Å². The van der Waals surface area contributed by atoms with E-state index in [4.69, 9.17) is 5.11 Å². The number of aliphatic carboxylic acids is 1. The maximum atomic E-state index is 10.2. The number of carboxylic acid groups (broad SMARTS) is 1. The zero-order valence-electron chi connectivity index (χ0n) is 9.98. The van der Waals surface area contributed by atoms with E-state index in [1.165, 1.54) is 38.4 Å². The lowest BCUT2D eigenvalue weighted by Crippen LogP contribution is -2.33. The minimum atomic E-state index is -0.879. The van der Waals surface area contributed by atoms with Gasteiger partial charge in [-0.2, -0.15) is 0 Å². The highest BCUT2D eigenvalue weighted by Gasteiger charge is 2.15. The van der Waals surface area contributed by atoms with Crippen LogP contribution >= 0.6 is 0 Å². The molecule has 16 heavy (non-hydrogen) atoms. The first-order valence-electron chi connectivity index (χ1n) is 5.97. The molecule has 1 atom stereocenters. The van der Waals surface area contributed by atoms with Crippen molar-refractivity contribution in [3.63, 3.8) is 0 Å². The molecule has 0 bridgehead atoms. The molecule has 1 aliphatic heterocycles. The van der Waals surface area contributed by atoms with Gasteiger partial charge in [-0.15, -0.1) is 0 Å². The molecule has 92 valence electrons. The minimum Gasteiger partial charge on any atom is -0.478 e. The Labute approximate surface area is 97.3 Å². The monoisotopic (exact) mass is 226 g/mol. The lowest BCUT2D eigenvalue weighted by Gasteiger charge is -2.29. The van der Waals surface area contributed by atoms with Gasteiger partial charge in [-0.3, -0.25) is 0 Å². The number of rotatable bonds is 6. The topological polar surface area (TPSA) is 52.6 Å². The van der Waals surface area contributed by atoms with Crippen LogP contribution in [-0.4, -0.2) is 49.2 Å². The van der Waals surface area contributed by atoms with Crippen molar-refractivity contribution in [1.82, 2.24) is 10.2 Å². The number of carbonyl (C=O) groups is 1. The predicted molar refractivity (Wildman–Crippen MR) is 64.5 cm³/mol. The molecule has 1 rings (SSSR count). The Morgan fingerprint density at radius 1 is 1.62 bits per heavy atom. The van der Waals surface area contributed by atoms with Crippen molar-refractivity contribution >= 4 is 5.97 Å². The van der Waals surface area contributed by atoms with Crippen LogP contribution in [0.5, 0.6) is 0 Å². The molecule has 0 saturated carbocycles.